The van der Waals surface area contributed by atoms with Crippen LogP contribution < -0.4 is 9.64 Å². The second-order valence-electron chi connectivity index (χ2n) is 13.3. The van der Waals surface area contributed by atoms with E-state index in [1.807, 2.05) is 25.1 Å². The Morgan fingerprint density at radius 2 is 1.93 bits per heavy atom. The van der Waals surface area contributed by atoms with Crippen molar-refractivity contribution in [1.82, 2.24) is 4.90 Å². The Morgan fingerprint density at radius 3 is 2.67 bits per heavy atom. The summed E-state index contributed by atoms with van der Waals surface area (Å²) in [6.45, 7) is 4.04. The summed E-state index contributed by atoms with van der Waals surface area (Å²) in [6, 6.07) is 11.1. The number of halogens is 1. The van der Waals surface area contributed by atoms with Crippen LogP contribution in [0.15, 0.2) is 48.6 Å². The third kappa shape index (κ3) is 5.54. The first-order valence-corrected chi connectivity index (χ1v) is 15.7. The average molecular weight is 609 g/mol. The molecule has 1 amide bonds. The summed E-state index contributed by atoms with van der Waals surface area (Å²) in [5.41, 5.74) is 0.574. The monoisotopic (exact) mass is 608 g/mol. The highest BCUT2D eigenvalue weighted by molar-refractivity contribution is 6.30. The average Bonchev–Trinajstić information content (AvgIpc) is 3.10. The molecule has 2 heterocycles. The molecule has 0 saturated heterocycles. The molecule has 4 aliphatic rings. The van der Waals surface area contributed by atoms with Crippen molar-refractivity contribution in [3.8, 4) is 5.75 Å². The van der Waals surface area contributed by atoms with E-state index in [1.165, 1.54) is 16.0 Å². The van der Waals surface area contributed by atoms with Crippen LogP contribution in [0.5, 0.6) is 5.75 Å². The van der Waals surface area contributed by atoms with E-state index in [1.54, 1.807) is 25.2 Å². The minimum absolute atomic E-state index is 0.0543. The smallest absolute Gasteiger partial charge is 0.340 e. The summed E-state index contributed by atoms with van der Waals surface area (Å²) >= 11 is 6.39. The molecule has 3 N–H and O–H groups in total. The van der Waals surface area contributed by atoms with Gasteiger partial charge in [0, 0.05) is 37.1 Å². The Bertz CT molecular complexity index is 1450. The van der Waals surface area contributed by atoms with Crippen molar-refractivity contribution in [2.75, 3.05) is 38.2 Å². The van der Waals surface area contributed by atoms with Gasteiger partial charge in [0.1, 0.15) is 5.75 Å². The first-order chi connectivity index (χ1) is 20.5. The van der Waals surface area contributed by atoms with Gasteiger partial charge in [-0.1, -0.05) is 42.8 Å². The largest absolute Gasteiger partial charge is 0.490 e. The van der Waals surface area contributed by atoms with Gasteiger partial charge in [0.25, 0.3) is 0 Å². The number of anilines is 1. The van der Waals surface area contributed by atoms with Crippen LogP contribution in [0.4, 0.5) is 5.69 Å². The number of aryl methyl sites for hydroxylation is 1. The molecule has 9 heteroatoms. The highest BCUT2D eigenvalue weighted by Gasteiger charge is 2.46. The number of carboxylic acid groups (broad SMARTS) is 1. The summed E-state index contributed by atoms with van der Waals surface area (Å²) in [6.07, 6.45) is 7.36. The van der Waals surface area contributed by atoms with E-state index in [4.69, 9.17) is 16.3 Å². The summed E-state index contributed by atoms with van der Waals surface area (Å²) in [4.78, 5) is 29.5. The molecule has 2 aromatic carbocycles. The summed E-state index contributed by atoms with van der Waals surface area (Å²) in [5, 5.41) is 33.7. The van der Waals surface area contributed by atoms with E-state index in [2.05, 4.69) is 17.0 Å². The highest BCUT2D eigenvalue weighted by Crippen LogP contribution is 2.47. The van der Waals surface area contributed by atoms with Crippen LogP contribution in [0.1, 0.15) is 55.7 Å². The molecule has 8 nitrogen and oxygen atoms in total. The van der Waals surface area contributed by atoms with Crippen molar-refractivity contribution in [2.24, 2.45) is 17.8 Å². The number of benzene rings is 2. The second-order valence-corrected chi connectivity index (χ2v) is 13.7. The lowest BCUT2D eigenvalue weighted by Gasteiger charge is -2.45. The van der Waals surface area contributed by atoms with Crippen LogP contribution >= 0.6 is 11.6 Å². The van der Waals surface area contributed by atoms with Gasteiger partial charge in [-0.25, -0.2) is 4.79 Å². The molecule has 1 fully saturated rings. The number of fused-ring (bicyclic) bond motifs is 4. The zero-order chi connectivity index (χ0) is 30.5. The van der Waals surface area contributed by atoms with Gasteiger partial charge in [0.2, 0.25) is 5.91 Å². The minimum atomic E-state index is -2.41. The van der Waals surface area contributed by atoms with Crippen molar-refractivity contribution in [2.45, 2.75) is 62.6 Å². The number of amides is 1. The molecule has 6 rings (SSSR count). The predicted molar refractivity (Wildman–Crippen MR) is 165 cm³/mol. The van der Waals surface area contributed by atoms with Gasteiger partial charge in [-0.05, 0) is 90.8 Å². The maximum absolute atomic E-state index is 13.2. The lowest BCUT2D eigenvalue weighted by atomic mass is 9.68. The summed E-state index contributed by atoms with van der Waals surface area (Å²) in [7, 11) is 1.61. The van der Waals surface area contributed by atoms with Crippen LogP contribution in [0.3, 0.4) is 0 Å². The number of carboxylic acids is 1. The molecule has 2 aromatic rings. The topological polar surface area (TPSA) is 111 Å². The molecule has 2 aliphatic heterocycles. The molecule has 230 valence electrons. The minimum Gasteiger partial charge on any atom is -0.490 e. The molecular formula is C34H41ClN2O6. The maximum atomic E-state index is 13.2. The number of aliphatic carboxylic acids is 1. The van der Waals surface area contributed by atoms with Crippen molar-refractivity contribution in [1.29, 1.82) is 0 Å². The molecule has 0 aromatic heterocycles. The van der Waals surface area contributed by atoms with E-state index < -0.39 is 30.0 Å². The Hall–Kier alpha value is -3.07. The van der Waals surface area contributed by atoms with Gasteiger partial charge in [-0.15, -0.1) is 0 Å². The Morgan fingerprint density at radius 1 is 1.12 bits per heavy atom. The Kier molecular flexibility index (Phi) is 7.98. The van der Waals surface area contributed by atoms with E-state index in [-0.39, 0.29) is 28.7 Å². The number of hydrogen-bond donors (Lipinski definition) is 3. The molecule has 2 unspecified atom stereocenters. The molecule has 6 atom stereocenters. The molecule has 1 saturated carbocycles. The predicted octanol–water partition coefficient (Wildman–Crippen LogP) is 4.53. The standard InChI is InChI=1S/C34H41ClN2O6/c1-21-5-11-29(38)26-9-6-23(26)18-37-19-33(13-3-4-22-14-25(35)8-10-27(22)33)20-43-30-12-7-24(15-28(30)37)34(42,32(40)41)16-31(39)36(2)17-21/h5,7-8,10-12,14-15,21,23,26,29,38,42H,3-4,6,9,13,16-20H2,1-2H3,(H,40,41)/b11-5+/t21?,23-,26+,29?,33-,34+/m0/s1. The normalized spacial score (nSPS) is 33.5. The van der Waals surface area contributed by atoms with Crippen LogP contribution in [0.2, 0.25) is 5.02 Å². The maximum Gasteiger partial charge on any atom is 0.340 e. The van der Waals surface area contributed by atoms with Gasteiger partial charge < -0.3 is 29.9 Å². The number of carbonyl (C=O) groups is 2. The Labute approximate surface area is 257 Å². The van der Waals surface area contributed by atoms with Gasteiger partial charge in [-0.2, -0.15) is 0 Å². The Balaban J connectivity index is 1.46. The number of nitrogens with zero attached hydrogens (tertiary/aromatic N) is 2. The zero-order valence-corrected chi connectivity index (χ0v) is 25.6. The first-order valence-electron chi connectivity index (χ1n) is 15.4. The molecule has 43 heavy (non-hydrogen) atoms. The van der Waals surface area contributed by atoms with E-state index >= 15 is 0 Å². The van der Waals surface area contributed by atoms with Crippen molar-refractivity contribution in [3.63, 3.8) is 0 Å². The molecule has 1 spiro atoms. The van der Waals surface area contributed by atoms with Crippen LogP contribution in [-0.2, 0) is 27.0 Å². The van der Waals surface area contributed by atoms with E-state index in [0.29, 0.717) is 42.7 Å². The van der Waals surface area contributed by atoms with Gasteiger partial charge in [0.15, 0.2) is 5.60 Å². The number of aliphatic hydroxyl groups excluding tert-OH is 1. The lowest BCUT2D eigenvalue weighted by molar-refractivity contribution is -0.164. The summed E-state index contributed by atoms with van der Waals surface area (Å²) < 4.78 is 6.53. The first kappa shape index (κ1) is 30.0. The number of aliphatic hydroxyl groups is 2. The number of ether oxygens (including phenoxy) is 1. The van der Waals surface area contributed by atoms with Gasteiger partial charge in [-0.3, -0.25) is 4.79 Å². The number of hydrogen-bond acceptors (Lipinski definition) is 6. The second kappa shape index (κ2) is 11.5. The van der Waals surface area contributed by atoms with E-state index in [0.717, 1.165) is 32.1 Å². The third-order valence-corrected chi connectivity index (χ3v) is 10.5. The zero-order valence-electron chi connectivity index (χ0n) is 24.8. The van der Waals surface area contributed by atoms with E-state index in [9.17, 15) is 24.9 Å². The van der Waals surface area contributed by atoms with Gasteiger partial charge in [0.05, 0.1) is 24.8 Å². The fourth-order valence-corrected chi connectivity index (χ4v) is 7.82. The SMILES string of the molecule is CC1/C=C/C(O)[C@@H]2CC[C@H]2CN2C[C@@]3(CCCc4cc(Cl)ccc43)COc3ccc(cc32)[C@@](O)(C(=O)O)CC(=O)N(C)C1. The molecule has 2 bridgehead atoms. The van der Waals surface area contributed by atoms with Crippen LogP contribution in [-0.4, -0.2) is 71.5 Å². The fourth-order valence-electron chi connectivity index (χ4n) is 7.62. The van der Waals surface area contributed by atoms with Crippen molar-refractivity contribution in [3.05, 3.63) is 70.3 Å². The highest BCUT2D eigenvalue weighted by atomic mass is 35.5. The number of rotatable bonds is 1. The molecular weight excluding hydrogens is 568 g/mol. The quantitative estimate of drug-likeness (QED) is 0.408. The third-order valence-electron chi connectivity index (χ3n) is 10.3. The summed E-state index contributed by atoms with van der Waals surface area (Å²) in [5.74, 6) is -1.07. The van der Waals surface area contributed by atoms with Crippen LogP contribution in [0.25, 0.3) is 0 Å². The molecule has 2 aliphatic carbocycles. The van der Waals surface area contributed by atoms with Crippen molar-refractivity contribution < 1.29 is 29.6 Å². The lowest BCUT2D eigenvalue weighted by Crippen LogP contribution is -2.49. The number of carbonyl (C=O) groups excluding carboxylic acids is 1. The van der Waals surface area contributed by atoms with Gasteiger partial charge >= 0.3 is 5.97 Å². The van der Waals surface area contributed by atoms with Crippen LogP contribution in [0, 0.1) is 17.8 Å². The van der Waals surface area contributed by atoms with Crippen molar-refractivity contribution >= 4 is 29.2 Å². The fraction of sp³-hybridized carbons (Fsp3) is 0.529. The molecule has 0 radical (unpaired) electrons.